The van der Waals surface area contributed by atoms with Crippen LogP contribution in [0.15, 0.2) is 18.7 Å². The fourth-order valence-electron chi connectivity index (χ4n) is 1.39. The van der Waals surface area contributed by atoms with E-state index >= 15 is 0 Å². The molecule has 2 heterocycles. The van der Waals surface area contributed by atoms with Crippen LogP contribution in [0.1, 0.15) is 10.5 Å². The van der Waals surface area contributed by atoms with E-state index in [4.69, 9.17) is 9.84 Å². The number of rotatable bonds is 3. The molecule has 0 fully saturated rings. The van der Waals surface area contributed by atoms with Crippen molar-refractivity contribution in [3.05, 3.63) is 24.4 Å². The van der Waals surface area contributed by atoms with Crippen LogP contribution in [-0.2, 0) is 7.05 Å². The van der Waals surface area contributed by atoms with Gasteiger partial charge < -0.3 is 14.4 Å². The van der Waals surface area contributed by atoms with E-state index < -0.39 is 5.97 Å². The number of aromatic carboxylic acids is 1. The van der Waals surface area contributed by atoms with Gasteiger partial charge in [-0.15, -0.1) is 0 Å². The normalized spacial score (nSPS) is 10.2. The summed E-state index contributed by atoms with van der Waals surface area (Å²) in [6, 6.07) is 0. The molecular weight excluding hydrogens is 224 g/mol. The van der Waals surface area contributed by atoms with E-state index in [1.807, 2.05) is 0 Å². The Morgan fingerprint density at radius 2 is 2.24 bits per heavy atom. The van der Waals surface area contributed by atoms with E-state index in [-0.39, 0.29) is 11.6 Å². The Morgan fingerprint density at radius 1 is 1.47 bits per heavy atom. The number of carboxylic acids is 1. The number of ether oxygens (including phenoxy) is 1. The van der Waals surface area contributed by atoms with Crippen molar-refractivity contribution in [3.63, 3.8) is 0 Å². The summed E-state index contributed by atoms with van der Waals surface area (Å²) in [6.45, 7) is 0. The third-order valence-electron chi connectivity index (χ3n) is 2.21. The van der Waals surface area contributed by atoms with Crippen molar-refractivity contribution in [1.29, 1.82) is 0 Å². The van der Waals surface area contributed by atoms with Crippen LogP contribution < -0.4 is 4.74 Å². The molecular formula is C10H10N4O3. The van der Waals surface area contributed by atoms with Gasteiger partial charge in [0.15, 0.2) is 0 Å². The predicted molar refractivity (Wildman–Crippen MR) is 57.7 cm³/mol. The second-order valence-electron chi connectivity index (χ2n) is 3.31. The molecule has 0 aliphatic carbocycles. The van der Waals surface area contributed by atoms with Gasteiger partial charge in [0.25, 0.3) is 0 Å². The number of hydrogen-bond donors (Lipinski definition) is 1. The quantitative estimate of drug-likeness (QED) is 0.835. The second kappa shape index (κ2) is 4.20. The SMILES string of the molecule is COc1ncc(-c2cncn2C)nc1C(=O)O. The molecule has 1 N–H and O–H groups in total. The Bertz CT molecular complexity index is 564. The maximum Gasteiger partial charge on any atom is 0.360 e. The van der Waals surface area contributed by atoms with E-state index in [0.29, 0.717) is 11.4 Å². The van der Waals surface area contributed by atoms with Crippen LogP contribution in [0.5, 0.6) is 5.88 Å². The first kappa shape index (κ1) is 11.1. The van der Waals surface area contributed by atoms with Crippen molar-refractivity contribution in [2.24, 2.45) is 7.05 Å². The van der Waals surface area contributed by atoms with Crippen molar-refractivity contribution in [1.82, 2.24) is 19.5 Å². The molecule has 0 aliphatic rings. The second-order valence-corrected chi connectivity index (χ2v) is 3.31. The predicted octanol–water partition coefficient (Wildman–Crippen LogP) is 0.584. The number of carbonyl (C=O) groups is 1. The molecule has 0 radical (unpaired) electrons. The number of imidazole rings is 1. The van der Waals surface area contributed by atoms with E-state index in [0.717, 1.165) is 0 Å². The standard InChI is InChI=1S/C10H10N4O3/c1-14-5-11-4-7(14)6-3-12-9(17-2)8(13-6)10(15)16/h3-5H,1-2H3,(H,15,16). The molecule has 0 saturated carbocycles. The van der Waals surface area contributed by atoms with Gasteiger partial charge in [0.2, 0.25) is 11.6 Å². The molecule has 7 nitrogen and oxygen atoms in total. The smallest absolute Gasteiger partial charge is 0.360 e. The van der Waals surface area contributed by atoms with Crippen LogP contribution in [-0.4, -0.2) is 37.7 Å². The van der Waals surface area contributed by atoms with Gasteiger partial charge in [0.05, 0.1) is 31.5 Å². The lowest BCUT2D eigenvalue weighted by molar-refractivity contribution is 0.0685. The maximum absolute atomic E-state index is 11.0. The van der Waals surface area contributed by atoms with Crippen LogP contribution in [0.3, 0.4) is 0 Å². The summed E-state index contributed by atoms with van der Waals surface area (Å²) in [7, 11) is 3.13. The molecule has 0 bridgehead atoms. The van der Waals surface area contributed by atoms with E-state index in [2.05, 4.69) is 15.0 Å². The van der Waals surface area contributed by atoms with Crippen LogP contribution >= 0.6 is 0 Å². The average molecular weight is 234 g/mol. The fourth-order valence-corrected chi connectivity index (χ4v) is 1.39. The van der Waals surface area contributed by atoms with Gasteiger partial charge in [-0.3, -0.25) is 0 Å². The Morgan fingerprint density at radius 3 is 2.76 bits per heavy atom. The molecule has 0 spiro atoms. The zero-order chi connectivity index (χ0) is 12.4. The maximum atomic E-state index is 11.0. The molecule has 0 unspecified atom stereocenters. The lowest BCUT2D eigenvalue weighted by Crippen LogP contribution is -2.07. The minimum absolute atomic E-state index is 0.0107. The van der Waals surface area contributed by atoms with E-state index in [1.54, 1.807) is 24.1 Å². The van der Waals surface area contributed by atoms with Gasteiger partial charge in [-0.05, 0) is 0 Å². The van der Waals surface area contributed by atoms with Crippen molar-refractivity contribution in [2.45, 2.75) is 0 Å². The largest absolute Gasteiger partial charge is 0.479 e. The Labute approximate surface area is 96.7 Å². The molecule has 88 valence electrons. The van der Waals surface area contributed by atoms with Crippen LogP contribution in [0.25, 0.3) is 11.4 Å². The molecule has 2 rings (SSSR count). The molecule has 0 amide bonds. The fraction of sp³-hybridized carbons (Fsp3) is 0.200. The average Bonchev–Trinajstić information content (AvgIpc) is 2.74. The van der Waals surface area contributed by atoms with Gasteiger partial charge in [-0.2, -0.15) is 0 Å². The highest BCUT2D eigenvalue weighted by atomic mass is 16.5. The number of methoxy groups -OCH3 is 1. The molecule has 17 heavy (non-hydrogen) atoms. The highest BCUT2D eigenvalue weighted by Gasteiger charge is 2.16. The number of aromatic nitrogens is 4. The third-order valence-corrected chi connectivity index (χ3v) is 2.21. The molecule has 0 aliphatic heterocycles. The summed E-state index contributed by atoms with van der Waals surface area (Å²) >= 11 is 0. The zero-order valence-electron chi connectivity index (χ0n) is 9.28. The molecule has 7 heteroatoms. The van der Waals surface area contributed by atoms with Crippen LogP contribution in [0.2, 0.25) is 0 Å². The lowest BCUT2D eigenvalue weighted by atomic mass is 10.3. The first-order chi connectivity index (χ1) is 8.13. The topological polar surface area (TPSA) is 90.1 Å². The number of hydrogen-bond acceptors (Lipinski definition) is 5. The molecule has 0 aromatic carbocycles. The minimum atomic E-state index is -1.18. The molecule has 2 aromatic heterocycles. The first-order valence-electron chi connectivity index (χ1n) is 4.74. The summed E-state index contributed by atoms with van der Waals surface area (Å²) < 4.78 is 6.56. The van der Waals surface area contributed by atoms with Gasteiger partial charge in [-0.1, -0.05) is 0 Å². The van der Waals surface area contributed by atoms with Crippen LogP contribution in [0.4, 0.5) is 0 Å². The molecule has 2 aromatic rings. The lowest BCUT2D eigenvalue weighted by Gasteiger charge is -2.05. The van der Waals surface area contributed by atoms with Crippen molar-refractivity contribution >= 4 is 5.97 Å². The number of carboxylic acid groups (broad SMARTS) is 1. The van der Waals surface area contributed by atoms with E-state index in [9.17, 15) is 4.79 Å². The zero-order valence-corrected chi connectivity index (χ0v) is 9.28. The number of nitrogens with zero attached hydrogens (tertiary/aromatic N) is 4. The first-order valence-corrected chi connectivity index (χ1v) is 4.74. The highest BCUT2D eigenvalue weighted by molar-refractivity contribution is 5.88. The summed E-state index contributed by atoms with van der Waals surface area (Å²) in [4.78, 5) is 22.8. The summed E-state index contributed by atoms with van der Waals surface area (Å²) in [5.41, 5.74) is 0.900. The summed E-state index contributed by atoms with van der Waals surface area (Å²) in [5.74, 6) is -1.19. The number of aryl methyl sites for hydroxylation is 1. The molecule has 0 saturated heterocycles. The highest BCUT2D eigenvalue weighted by Crippen LogP contribution is 2.19. The monoisotopic (exact) mass is 234 g/mol. The van der Waals surface area contributed by atoms with Gasteiger partial charge in [0.1, 0.15) is 5.69 Å². The Balaban J connectivity index is 2.55. The van der Waals surface area contributed by atoms with Crippen molar-refractivity contribution < 1.29 is 14.6 Å². The summed E-state index contributed by atoms with van der Waals surface area (Å²) in [5, 5.41) is 8.98. The Kier molecular flexibility index (Phi) is 2.73. The van der Waals surface area contributed by atoms with Crippen molar-refractivity contribution in [3.8, 4) is 17.3 Å². The van der Waals surface area contributed by atoms with Gasteiger partial charge >= 0.3 is 5.97 Å². The van der Waals surface area contributed by atoms with Crippen molar-refractivity contribution in [2.75, 3.05) is 7.11 Å². The van der Waals surface area contributed by atoms with E-state index in [1.165, 1.54) is 13.3 Å². The van der Waals surface area contributed by atoms with Gasteiger partial charge in [-0.25, -0.2) is 19.7 Å². The Hall–Kier alpha value is -2.44. The minimum Gasteiger partial charge on any atom is -0.479 e. The molecule has 0 atom stereocenters. The third kappa shape index (κ3) is 1.94. The van der Waals surface area contributed by atoms with Gasteiger partial charge in [0, 0.05) is 7.05 Å². The summed E-state index contributed by atoms with van der Waals surface area (Å²) in [6.07, 6.45) is 4.63. The van der Waals surface area contributed by atoms with Crippen LogP contribution in [0, 0.1) is 0 Å².